The fourth-order valence-corrected chi connectivity index (χ4v) is 4.50. The number of hydrogen-bond donors (Lipinski definition) is 0. The molecule has 0 spiro atoms. The smallest absolute Gasteiger partial charge is 0.231 e. The Kier molecular flexibility index (Phi) is 3.90. The summed E-state index contributed by atoms with van der Waals surface area (Å²) < 4.78 is 10.9. The molecule has 5 heteroatoms. The van der Waals surface area contributed by atoms with Crippen LogP contribution < -0.4 is 9.47 Å². The normalized spacial score (nSPS) is 24.7. The molecule has 2 aliphatic heterocycles. The molecule has 3 aliphatic rings. The minimum absolute atomic E-state index is 0.312. The van der Waals surface area contributed by atoms with Gasteiger partial charge in [-0.25, -0.2) is 0 Å². The molecule has 0 N–H and O–H groups in total. The average molecular weight is 319 g/mol. The van der Waals surface area contributed by atoms with E-state index in [1.54, 1.807) is 0 Å². The highest BCUT2D eigenvalue weighted by atomic mass is 32.2. The zero-order valence-corrected chi connectivity index (χ0v) is 13.4. The minimum Gasteiger partial charge on any atom is -0.454 e. The van der Waals surface area contributed by atoms with Crippen LogP contribution in [0.2, 0.25) is 0 Å². The van der Waals surface area contributed by atoms with Gasteiger partial charge in [0.1, 0.15) is 0 Å². The summed E-state index contributed by atoms with van der Waals surface area (Å²) in [6.45, 7) is 2.09. The molecule has 1 aliphatic carbocycles. The van der Waals surface area contributed by atoms with Gasteiger partial charge in [-0.05, 0) is 37.0 Å². The Hall–Kier alpha value is -1.36. The van der Waals surface area contributed by atoms with Gasteiger partial charge in [-0.15, -0.1) is 0 Å². The van der Waals surface area contributed by atoms with E-state index in [9.17, 15) is 4.79 Å². The third-order valence-corrected chi connectivity index (χ3v) is 6.20. The maximum atomic E-state index is 12.4. The number of hydrogen-bond acceptors (Lipinski definition) is 4. The Morgan fingerprint density at radius 3 is 2.82 bits per heavy atom. The molecule has 1 amide bonds. The number of amides is 1. The van der Waals surface area contributed by atoms with Gasteiger partial charge in [-0.3, -0.25) is 4.79 Å². The van der Waals surface area contributed by atoms with Gasteiger partial charge in [0.05, 0.1) is 0 Å². The summed E-state index contributed by atoms with van der Waals surface area (Å²) in [5, 5.41) is 0.439. The van der Waals surface area contributed by atoms with E-state index in [4.69, 9.17) is 9.47 Å². The summed E-state index contributed by atoms with van der Waals surface area (Å²) >= 11 is 1.95. The lowest BCUT2D eigenvalue weighted by Crippen LogP contribution is -2.40. The first-order valence-corrected chi connectivity index (χ1v) is 9.16. The van der Waals surface area contributed by atoms with Crippen LogP contribution in [0.25, 0.3) is 0 Å². The molecule has 1 saturated carbocycles. The molecule has 1 aromatic rings. The van der Waals surface area contributed by atoms with Crippen molar-refractivity contribution in [3.63, 3.8) is 0 Å². The topological polar surface area (TPSA) is 38.8 Å². The van der Waals surface area contributed by atoms with E-state index in [2.05, 4.69) is 17.0 Å². The van der Waals surface area contributed by atoms with E-state index in [-0.39, 0.29) is 0 Å². The van der Waals surface area contributed by atoms with Gasteiger partial charge < -0.3 is 14.4 Å². The molecule has 22 heavy (non-hydrogen) atoms. The maximum absolute atomic E-state index is 12.4. The first-order chi connectivity index (χ1) is 10.8. The van der Waals surface area contributed by atoms with Gasteiger partial charge in [0.25, 0.3) is 0 Å². The van der Waals surface area contributed by atoms with Crippen LogP contribution in [0.1, 0.15) is 36.5 Å². The van der Waals surface area contributed by atoms with E-state index >= 15 is 0 Å². The highest BCUT2D eigenvalue weighted by molar-refractivity contribution is 7.99. The van der Waals surface area contributed by atoms with Crippen LogP contribution in [-0.4, -0.2) is 36.4 Å². The van der Waals surface area contributed by atoms with E-state index in [0.29, 0.717) is 23.9 Å². The summed E-state index contributed by atoms with van der Waals surface area (Å²) in [6.07, 6.45) is 4.42. The SMILES string of the molecule is O=C(C1CCC1)N1CCSC(c2ccc3c(c2)OCO3)CC1. The molecule has 0 bridgehead atoms. The predicted octanol–water partition coefficient (Wildman–Crippen LogP) is 3.22. The van der Waals surface area contributed by atoms with Crippen LogP contribution in [-0.2, 0) is 4.79 Å². The Balaban J connectivity index is 1.43. The molecule has 118 valence electrons. The molecule has 1 unspecified atom stereocenters. The third kappa shape index (κ3) is 2.67. The summed E-state index contributed by atoms with van der Waals surface area (Å²) in [5.74, 6) is 3.40. The lowest BCUT2D eigenvalue weighted by atomic mass is 9.84. The van der Waals surface area contributed by atoms with E-state index < -0.39 is 0 Å². The molecule has 0 aromatic heterocycles. The standard InChI is InChI=1S/C17H21NO3S/c19-17(12-2-1-3-12)18-7-6-16(22-9-8-18)13-4-5-14-15(10-13)21-11-20-14/h4-5,10,12,16H,1-3,6-9,11H2. The molecular formula is C17H21NO3S. The van der Waals surface area contributed by atoms with Crippen molar-refractivity contribution >= 4 is 17.7 Å². The van der Waals surface area contributed by atoms with Crippen LogP contribution in [0, 0.1) is 5.92 Å². The summed E-state index contributed by atoms with van der Waals surface area (Å²) in [5.41, 5.74) is 1.28. The Morgan fingerprint density at radius 1 is 1.14 bits per heavy atom. The predicted molar refractivity (Wildman–Crippen MR) is 86.3 cm³/mol. The molecule has 1 atom stereocenters. The number of fused-ring (bicyclic) bond motifs is 1. The molecular weight excluding hydrogens is 298 g/mol. The largest absolute Gasteiger partial charge is 0.454 e. The quantitative estimate of drug-likeness (QED) is 0.839. The number of ether oxygens (including phenoxy) is 2. The Morgan fingerprint density at radius 2 is 2.00 bits per heavy atom. The zero-order chi connectivity index (χ0) is 14.9. The second-order valence-corrected chi connectivity index (χ2v) is 7.52. The van der Waals surface area contributed by atoms with Crippen LogP contribution >= 0.6 is 11.8 Å². The molecule has 4 nitrogen and oxygen atoms in total. The number of carbonyl (C=O) groups excluding carboxylic acids is 1. The number of nitrogens with zero attached hydrogens (tertiary/aromatic N) is 1. The minimum atomic E-state index is 0.312. The van der Waals surface area contributed by atoms with Crippen molar-refractivity contribution in [2.75, 3.05) is 25.6 Å². The highest BCUT2D eigenvalue weighted by Crippen LogP contribution is 2.40. The molecule has 2 heterocycles. The Labute approximate surface area is 135 Å². The van der Waals surface area contributed by atoms with Crippen LogP contribution in [0.4, 0.5) is 0 Å². The van der Waals surface area contributed by atoms with Gasteiger partial charge >= 0.3 is 0 Å². The van der Waals surface area contributed by atoms with Crippen molar-refractivity contribution in [1.29, 1.82) is 0 Å². The second-order valence-electron chi connectivity index (χ2n) is 6.21. The van der Waals surface area contributed by atoms with Gasteiger partial charge in [-0.1, -0.05) is 12.5 Å². The van der Waals surface area contributed by atoms with E-state index in [1.165, 1.54) is 12.0 Å². The van der Waals surface area contributed by atoms with Crippen molar-refractivity contribution in [3.05, 3.63) is 23.8 Å². The molecule has 1 saturated heterocycles. The number of rotatable bonds is 2. The lowest BCUT2D eigenvalue weighted by Gasteiger charge is -2.30. The van der Waals surface area contributed by atoms with Gasteiger partial charge in [0.15, 0.2) is 11.5 Å². The highest BCUT2D eigenvalue weighted by Gasteiger charge is 2.31. The summed E-state index contributed by atoms with van der Waals surface area (Å²) in [4.78, 5) is 14.5. The van der Waals surface area contributed by atoms with Crippen molar-refractivity contribution in [2.45, 2.75) is 30.9 Å². The summed E-state index contributed by atoms with van der Waals surface area (Å²) in [6, 6.07) is 6.23. The van der Waals surface area contributed by atoms with Crippen molar-refractivity contribution in [2.24, 2.45) is 5.92 Å². The maximum Gasteiger partial charge on any atom is 0.231 e. The van der Waals surface area contributed by atoms with Gasteiger partial charge in [0.2, 0.25) is 12.7 Å². The van der Waals surface area contributed by atoms with E-state index in [0.717, 1.165) is 49.6 Å². The van der Waals surface area contributed by atoms with E-state index in [1.807, 2.05) is 17.8 Å². The van der Waals surface area contributed by atoms with Crippen molar-refractivity contribution < 1.29 is 14.3 Å². The molecule has 0 radical (unpaired) electrons. The monoisotopic (exact) mass is 319 g/mol. The lowest BCUT2D eigenvalue weighted by molar-refractivity contribution is -0.137. The van der Waals surface area contributed by atoms with Crippen molar-refractivity contribution in [1.82, 2.24) is 4.90 Å². The second kappa shape index (κ2) is 6.03. The van der Waals surface area contributed by atoms with Crippen LogP contribution in [0.3, 0.4) is 0 Å². The molecule has 2 fully saturated rings. The fraction of sp³-hybridized carbons (Fsp3) is 0.588. The molecule has 4 rings (SSSR count). The first kappa shape index (κ1) is 14.2. The number of thioether (sulfide) groups is 1. The van der Waals surface area contributed by atoms with Crippen LogP contribution in [0.5, 0.6) is 11.5 Å². The van der Waals surface area contributed by atoms with Crippen LogP contribution in [0.15, 0.2) is 18.2 Å². The third-order valence-electron chi connectivity index (χ3n) is 4.88. The average Bonchev–Trinajstić information content (AvgIpc) is 2.79. The Bertz CT molecular complexity index is 573. The summed E-state index contributed by atoms with van der Waals surface area (Å²) in [7, 11) is 0. The van der Waals surface area contributed by atoms with Gasteiger partial charge in [0, 0.05) is 30.0 Å². The zero-order valence-electron chi connectivity index (χ0n) is 12.6. The molecule has 1 aromatic carbocycles. The van der Waals surface area contributed by atoms with Crippen molar-refractivity contribution in [3.8, 4) is 11.5 Å². The first-order valence-electron chi connectivity index (χ1n) is 8.11. The number of carbonyl (C=O) groups is 1. The fourth-order valence-electron chi connectivity index (χ4n) is 3.28. The van der Waals surface area contributed by atoms with Gasteiger partial charge in [-0.2, -0.15) is 11.8 Å². The number of benzene rings is 1.